The highest BCUT2D eigenvalue weighted by Crippen LogP contribution is 2.43. The summed E-state index contributed by atoms with van der Waals surface area (Å²) in [6, 6.07) is 3.82. The van der Waals surface area contributed by atoms with Gasteiger partial charge >= 0.3 is 0 Å². The van der Waals surface area contributed by atoms with E-state index in [1.165, 1.54) is 12.8 Å². The topological polar surface area (TPSA) is 46.2 Å². The first-order valence-electron chi connectivity index (χ1n) is 4.84. The first-order valence-corrected chi connectivity index (χ1v) is 5.63. The van der Waals surface area contributed by atoms with Gasteiger partial charge in [0, 0.05) is 16.1 Å². The third kappa shape index (κ3) is 2.65. The maximum atomic E-state index is 9.87. The van der Waals surface area contributed by atoms with Crippen molar-refractivity contribution in [1.29, 1.82) is 0 Å². The first kappa shape index (κ1) is 12.8. The number of hydrogen-bond acceptors (Lipinski definition) is 2. The fourth-order valence-corrected chi connectivity index (χ4v) is 2.31. The van der Waals surface area contributed by atoms with Crippen molar-refractivity contribution in [3.05, 3.63) is 27.7 Å². The maximum absolute atomic E-state index is 9.87. The lowest BCUT2D eigenvalue weighted by Crippen LogP contribution is -2.12. The van der Waals surface area contributed by atoms with Crippen LogP contribution >= 0.6 is 28.3 Å². The molecule has 1 aromatic carbocycles. The molecule has 0 aromatic heterocycles. The summed E-state index contributed by atoms with van der Waals surface area (Å²) in [5, 5.41) is 9.87. The molecule has 0 aliphatic heterocycles. The zero-order chi connectivity index (χ0) is 10.3. The minimum Gasteiger partial charge on any atom is -0.507 e. The first-order chi connectivity index (χ1) is 6.59. The van der Waals surface area contributed by atoms with E-state index < -0.39 is 0 Å². The predicted molar refractivity (Wildman–Crippen MR) is 67.4 cm³/mol. The molecule has 1 aromatic rings. The number of aromatic hydroxyl groups is 1. The van der Waals surface area contributed by atoms with Gasteiger partial charge in [0.2, 0.25) is 0 Å². The van der Waals surface area contributed by atoms with Gasteiger partial charge in [-0.2, -0.15) is 0 Å². The SMILES string of the molecule is Cc1cc(Br)cc([C@@H](N)C2CC2)c1O.Cl. The second kappa shape index (κ2) is 4.73. The van der Waals surface area contributed by atoms with Crippen LogP contribution in [0.25, 0.3) is 0 Å². The molecule has 0 heterocycles. The number of benzene rings is 1. The number of hydrogen-bond donors (Lipinski definition) is 2. The van der Waals surface area contributed by atoms with Crippen molar-refractivity contribution < 1.29 is 5.11 Å². The second-order valence-electron chi connectivity index (χ2n) is 4.02. The molecule has 3 N–H and O–H groups in total. The maximum Gasteiger partial charge on any atom is 0.123 e. The standard InChI is InChI=1S/C11H14BrNO.ClH/c1-6-4-8(12)5-9(11(6)14)10(13)7-2-3-7;/h4-5,7,10,14H,2-3,13H2,1H3;1H/t10-;/m0./s1. The normalized spacial score (nSPS) is 17.0. The number of halogens is 2. The van der Waals surface area contributed by atoms with Crippen LogP contribution in [0.3, 0.4) is 0 Å². The Morgan fingerprint density at radius 1 is 1.47 bits per heavy atom. The van der Waals surface area contributed by atoms with E-state index in [2.05, 4.69) is 15.9 Å². The average molecular weight is 293 g/mol. The van der Waals surface area contributed by atoms with E-state index in [0.717, 1.165) is 15.6 Å². The third-order valence-electron chi connectivity index (χ3n) is 2.78. The van der Waals surface area contributed by atoms with Crippen molar-refractivity contribution in [3.63, 3.8) is 0 Å². The Morgan fingerprint density at radius 2 is 2.07 bits per heavy atom. The third-order valence-corrected chi connectivity index (χ3v) is 3.24. The Bertz CT molecular complexity index is 366. The van der Waals surface area contributed by atoms with E-state index in [0.29, 0.717) is 11.7 Å². The van der Waals surface area contributed by atoms with Gasteiger partial charge in [0.05, 0.1) is 0 Å². The van der Waals surface area contributed by atoms with Crippen LogP contribution in [0.2, 0.25) is 0 Å². The van der Waals surface area contributed by atoms with Gasteiger partial charge in [-0.25, -0.2) is 0 Å². The lowest BCUT2D eigenvalue weighted by molar-refractivity contribution is 0.452. The van der Waals surface area contributed by atoms with E-state index in [-0.39, 0.29) is 18.4 Å². The van der Waals surface area contributed by atoms with Crippen molar-refractivity contribution in [3.8, 4) is 5.75 Å². The van der Waals surface area contributed by atoms with Crippen molar-refractivity contribution in [2.45, 2.75) is 25.8 Å². The summed E-state index contributed by atoms with van der Waals surface area (Å²) in [4.78, 5) is 0. The Hall–Kier alpha value is -0.250. The number of phenolic OH excluding ortho intramolecular Hbond substituents is 1. The molecule has 0 saturated heterocycles. The van der Waals surface area contributed by atoms with Crippen LogP contribution in [0, 0.1) is 12.8 Å². The molecule has 4 heteroatoms. The van der Waals surface area contributed by atoms with Gasteiger partial charge in [-0.15, -0.1) is 12.4 Å². The summed E-state index contributed by atoms with van der Waals surface area (Å²) in [5.41, 5.74) is 7.81. The fourth-order valence-electron chi connectivity index (χ4n) is 1.72. The molecule has 2 nitrogen and oxygen atoms in total. The molecule has 1 saturated carbocycles. The van der Waals surface area contributed by atoms with Crippen molar-refractivity contribution in [2.75, 3.05) is 0 Å². The molecule has 1 fully saturated rings. The van der Waals surface area contributed by atoms with E-state index in [9.17, 15) is 5.11 Å². The Morgan fingerprint density at radius 3 is 2.60 bits per heavy atom. The Balaban J connectivity index is 0.00000112. The lowest BCUT2D eigenvalue weighted by atomic mass is 10.00. The number of rotatable bonds is 2. The van der Waals surface area contributed by atoms with Gasteiger partial charge in [-0.1, -0.05) is 15.9 Å². The summed E-state index contributed by atoms with van der Waals surface area (Å²) in [6.45, 7) is 1.89. The van der Waals surface area contributed by atoms with Gasteiger partial charge in [0.1, 0.15) is 5.75 Å². The van der Waals surface area contributed by atoms with Gasteiger partial charge in [-0.05, 0) is 43.4 Å². The molecule has 0 bridgehead atoms. The van der Waals surface area contributed by atoms with E-state index in [1.807, 2.05) is 19.1 Å². The highest BCUT2D eigenvalue weighted by molar-refractivity contribution is 9.10. The van der Waals surface area contributed by atoms with Crippen LogP contribution in [0.15, 0.2) is 16.6 Å². The smallest absolute Gasteiger partial charge is 0.123 e. The highest BCUT2D eigenvalue weighted by Gasteiger charge is 2.31. The largest absolute Gasteiger partial charge is 0.507 e. The molecule has 0 radical (unpaired) electrons. The predicted octanol–water partition coefficient (Wildman–Crippen LogP) is 3.29. The van der Waals surface area contributed by atoms with E-state index in [4.69, 9.17) is 5.73 Å². The number of aryl methyl sites for hydroxylation is 1. The Labute approximate surface area is 104 Å². The van der Waals surface area contributed by atoms with Gasteiger partial charge in [0.15, 0.2) is 0 Å². The van der Waals surface area contributed by atoms with Gasteiger partial charge in [0.25, 0.3) is 0 Å². The summed E-state index contributed by atoms with van der Waals surface area (Å²) in [5.74, 6) is 0.919. The van der Waals surface area contributed by atoms with Gasteiger partial charge < -0.3 is 10.8 Å². The van der Waals surface area contributed by atoms with E-state index in [1.54, 1.807) is 0 Å². The molecule has 84 valence electrons. The minimum atomic E-state index is -0.00815. The van der Waals surface area contributed by atoms with Crippen LogP contribution < -0.4 is 5.73 Å². The quantitative estimate of drug-likeness (QED) is 0.878. The molecule has 1 atom stereocenters. The molecule has 1 aliphatic rings. The van der Waals surface area contributed by atoms with Crippen molar-refractivity contribution in [2.24, 2.45) is 11.7 Å². The van der Waals surface area contributed by atoms with Crippen molar-refractivity contribution >= 4 is 28.3 Å². The van der Waals surface area contributed by atoms with E-state index >= 15 is 0 Å². The van der Waals surface area contributed by atoms with Gasteiger partial charge in [-0.3, -0.25) is 0 Å². The second-order valence-corrected chi connectivity index (χ2v) is 4.94. The average Bonchev–Trinajstić information content (AvgIpc) is 2.93. The minimum absolute atomic E-state index is 0. The van der Waals surface area contributed by atoms with Crippen LogP contribution in [0.4, 0.5) is 0 Å². The van der Waals surface area contributed by atoms with Crippen LogP contribution in [-0.4, -0.2) is 5.11 Å². The van der Waals surface area contributed by atoms with Crippen LogP contribution in [0.5, 0.6) is 5.75 Å². The molecule has 0 unspecified atom stereocenters. The lowest BCUT2D eigenvalue weighted by Gasteiger charge is -2.14. The summed E-state index contributed by atoms with van der Waals surface area (Å²) in [6.07, 6.45) is 2.37. The zero-order valence-corrected chi connectivity index (χ0v) is 10.9. The summed E-state index contributed by atoms with van der Waals surface area (Å²) < 4.78 is 0.985. The molecule has 0 amide bonds. The molecular formula is C11H15BrClNO. The molecule has 0 spiro atoms. The molecule has 15 heavy (non-hydrogen) atoms. The van der Waals surface area contributed by atoms with Crippen LogP contribution in [0.1, 0.15) is 30.0 Å². The highest BCUT2D eigenvalue weighted by atomic mass is 79.9. The van der Waals surface area contributed by atoms with Crippen LogP contribution in [-0.2, 0) is 0 Å². The molecular weight excluding hydrogens is 277 g/mol. The summed E-state index contributed by atoms with van der Waals surface area (Å²) in [7, 11) is 0. The summed E-state index contributed by atoms with van der Waals surface area (Å²) >= 11 is 3.42. The zero-order valence-electron chi connectivity index (χ0n) is 8.53. The monoisotopic (exact) mass is 291 g/mol. The number of nitrogens with two attached hydrogens (primary N) is 1. The molecule has 2 rings (SSSR count). The number of phenols is 1. The Kier molecular flexibility index (Phi) is 4.04. The fraction of sp³-hybridized carbons (Fsp3) is 0.455. The molecule has 1 aliphatic carbocycles. The van der Waals surface area contributed by atoms with Crippen molar-refractivity contribution in [1.82, 2.24) is 0 Å².